The van der Waals surface area contributed by atoms with Crippen molar-refractivity contribution in [3.63, 3.8) is 0 Å². The van der Waals surface area contributed by atoms with Crippen molar-refractivity contribution in [2.45, 2.75) is 19.3 Å². The molecule has 0 saturated carbocycles. The third-order valence-corrected chi connectivity index (χ3v) is 2.11. The summed E-state index contributed by atoms with van der Waals surface area (Å²) in [6.07, 6.45) is 2.34. The van der Waals surface area contributed by atoms with Crippen LogP contribution in [0.2, 0.25) is 0 Å². The van der Waals surface area contributed by atoms with Crippen LogP contribution in [0.1, 0.15) is 24.8 Å². The third kappa shape index (κ3) is 2.33. The largest absolute Gasteiger partial charge is 0.273 e. The van der Waals surface area contributed by atoms with Gasteiger partial charge in [0, 0.05) is 0 Å². The Balaban J connectivity index is 2.83. The van der Waals surface area contributed by atoms with Gasteiger partial charge in [0.2, 0.25) is 5.91 Å². The monoisotopic (exact) mass is 188 g/mol. The molecule has 0 unspecified atom stereocenters. The Morgan fingerprint density at radius 2 is 2.14 bits per heavy atom. The summed E-state index contributed by atoms with van der Waals surface area (Å²) in [5.74, 6) is -0.461. The minimum absolute atomic E-state index is 0.226. The number of rotatable bonds is 3. The summed E-state index contributed by atoms with van der Waals surface area (Å²) in [5, 5.41) is 10.5. The highest BCUT2D eigenvalue weighted by Gasteiger charge is 2.17. The molecule has 0 bridgehead atoms. The molecule has 0 aliphatic carbocycles. The van der Waals surface area contributed by atoms with E-state index in [1.165, 1.54) is 0 Å². The molecular formula is C11H12N2O. The number of nitriles is 1. The van der Waals surface area contributed by atoms with E-state index >= 15 is 0 Å². The van der Waals surface area contributed by atoms with E-state index in [4.69, 9.17) is 5.26 Å². The second kappa shape index (κ2) is 5.03. The maximum atomic E-state index is 11.4. The molecule has 1 aromatic carbocycles. The van der Waals surface area contributed by atoms with E-state index in [0.717, 1.165) is 5.56 Å². The van der Waals surface area contributed by atoms with Crippen LogP contribution in [0.15, 0.2) is 30.3 Å². The molecule has 1 amide bonds. The summed E-state index contributed by atoms with van der Waals surface area (Å²) >= 11 is 0. The van der Waals surface area contributed by atoms with E-state index < -0.39 is 0 Å². The van der Waals surface area contributed by atoms with Gasteiger partial charge in [0.25, 0.3) is 0 Å². The average molecular weight is 188 g/mol. The average Bonchev–Trinajstić information content (AvgIpc) is 2.21. The van der Waals surface area contributed by atoms with Crippen molar-refractivity contribution < 1.29 is 4.79 Å². The highest BCUT2D eigenvalue weighted by Crippen LogP contribution is 2.18. The minimum Gasteiger partial charge on any atom is -0.273 e. The zero-order valence-corrected chi connectivity index (χ0v) is 8.03. The van der Waals surface area contributed by atoms with Gasteiger partial charge >= 0.3 is 0 Å². The first-order valence-electron chi connectivity index (χ1n) is 4.53. The van der Waals surface area contributed by atoms with E-state index in [-0.39, 0.29) is 11.8 Å². The van der Waals surface area contributed by atoms with Crippen LogP contribution < -0.4 is 5.32 Å². The second-order valence-corrected chi connectivity index (χ2v) is 2.97. The lowest BCUT2D eigenvalue weighted by Gasteiger charge is -2.11. The maximum Gasteiger partial charge on any atom is 0.240 e. The first-order chi connectivity index (χ1) is 6.79. The summed E-state index contributed by atoms with van der Waals surface area (Å²) in [4.78, 5) is 11.4. The first-order valence-corrected chi connectivity index (χ1v) is 4.53. The molecule has 72 valence electrons. The number of nitrogens with one attached hydrogen (secondary N) is 1. The Labute approximate surface area is 83.4 Å². The fourth-order valence-electron chi connectivity index (χ4n) is 1.40. The Morgan fingerprint density at radius 1 is 1.50 bits per heavy atom. The van der Waals surface area contributed by atoms with Crippen LogP contribution in [0.25, 0.3) is 0 Å². The third-order valence-electron chi connectivity index (χ3n) is 2.11. The van der Waals surface area contributed by atoms with Gasteiger partial charge in [0.05, 0.1) is 5.92 Å². The summed E-state index contributed by atoms with van der Waals surface area (Å²) in [6, 6.07) is 9.46. The number of carbonyl (C=O) groups is 1. The second-order valence-electron chi connectivity index (χ2n) is 2.97. The molecule has 1 aromatic rings. The fourth-order valence-corrected chi connectivity index (χ4v) is 1.40. The molecule has 0 spiro atoms. The number of hydrogen-bond acceptors (Lipinski definition) is 2. The molecular weight excluding hydrogens is 176 g/mol. The maximum absolute atomic E-state index is 11.4. The molecule has 1 N–H and O–H groups in total. The molecule has 3 nitrogen and oxygen atoms in total. The van der Waals surface area contributed by atoms with Crippen molar-refractivity contribution in [3.05, 3.63) is 35.9 Å². The number of amides is 1. The van der Waals surface area contributed by atoms with Gasteiger partial charge in [-0.1, -0.05) is 37.3 Å². The van der Waals surface area contributed by atoms with Gasteiger partial charge in [-0.3, -0.25) is 10.1 Å². The van der Waals surface area contributed by atoms with E-state index in [1.807, 2.05) is 37.3 Å². The lowest BCUT2D eigenvalue weighted by molar-refractivity contribution is -0.121. The zero-order valence-electron chi connectivity index (χ0n) is 8.03. The number of benzene rings is 1. The summed E-state index contributed by atoms with van der Waals surface area (Å²) in [7, 11) is 0. The standard InChI is InChI=1S/C11H12N2O/c1-2-10(11(14)13-8-12)9-6-4-3-5-7-9/h3-7,10H,2H2,1H3,(H,13,14)/t10-/m0/s1. The van der Waals surface area contributed by atoms with Crippen molar-refractivity contribution in [3.8, 4) is 6.19 Å². The van der Waals surface area contributed by atoms with Crippen molar-refractivity contribution >= 4 is 5.91 Å². The van der Waals surface area contributed by atoms with Gasteiger partial charge in [-0.2, -0.15) is 5.26 Å². The van der Waals surface area contributed by atoms with E-state index in [0.29, 0.717) is 6.42 Å². The number of hydrogen-bond donors (Lipinski definition) is 1. The summed E-state index contributed by atoms with van der Waals surface area (Å²) in [6.45, 7) is 1.93. The molecule has 0 aromatic heterocycles. The predicted octanol–water partition coefficient (Wildman–Crippen LogP) is 1.78. The quantitative estimate of drug-likeness (QED) is 0.580. The van der Waals surface area contributed by atoms with Gasteiger partial charge in [0.15, 0.2) is 6.19 Å². The molecule has 0 aliphatic heterocycles. The highest BCUT2D eigenvalue weighted by atomic mass is 16.1. The van der Waals surface area contributed by atoms with Crippen molar-refractivity contribution in [1.29, 1.82) is 5.26 Å². The normalized spacial score (nSPS) is 11.4. The van der Waals surface area contributed by atoms with E-state index in [1.54, 1.807) is 6.19 Å². The molecule has 1 atom stereocenters. The first kappa shape index (κ1) is 10.3. The summed E-state index contributed by atoms with van der Waals surface area (Å²) in [5.41, 5.74) is 0.947. The highest BCUT2D eigenvalue weighted by molar-refractivity contribution is 5.84. The van der Waals surface area contributed by atoms with Crippen molar-refractivity contribution in [2.75, 3.05) is 0 Å². The number of nitrogens with zero attached hydrogens (tertiary/aromatic N) is 1. The lowest BCUT2D eigenvalue weighted by atomic mass is 9.96. The number of carbonyl (C=O) groups excluding carboxylic acids is 1. The molecule has 0 fully saturated rings. The van der Waals surface area contributed by atoms with Crippen LogP contribution in [0, 0.1) is 11.5 Å². The van der Waals surface area contributed by atoms with Crippen LogP contribution >= 0.6 is 0 Å². The fraction of sp³-hybridized carbons (Fsp3) is 0.273. The van der Waals surface area contributed by atoms with Gasteiger partial charge < -0.3 is 0 Å². The van der Waals surface area contributed by atoms with E-state index in [2.05, 4.69) is 5.32 Å². The smallest absolute Gasteiger partial charge is 0.240 e. The molecule has 1 rings (SSSR count). The van der Waals surface area contributed by atoms with Crippen LogP contribution in [-0.4, -0.2) is 5.91 Å². The molecule has 3 heteroatoms. The molecule has 0 aliphatic rings. The predicted molar refractivity (Wildman–Crippen MR) is 53.2 cm³/mol. The minimum atomic E-state index is -0.235. The van der Waals surface area contributed by atoms with Crippen LogP contribution in [0.4, 0.5) is 0 Å². The Hall–Kier alpha value is -1.82. The van der Waals surface area contributed by atoms with Crippen molar-refractivity contribution in [1.82, 2.24) is 5.32 Å². The Bertz CT molecular complexity index is 340. The lowest BCUT2D eigenvalue weighted by Crippen LogP contribution is -2.24. The molecule has 14 heavy (non-hydrogen) atoms. The topological polar surface area (TPSA) is 52.9 Å². The van der Waals surface area contributed by atoms with Gasteiger partial charge in [-0.25, -0.2) is 0 Å². The summed E-state index contributed by atoms with van der Waals surface area (Å²) < 4.78 is 0. The van der Waals surface area contributed by atoms with Gasteiger partial charge in [-0.05, 0) is 12.0 Å². The Kier molecular flexibility index (Phi) is 3.69. The SMILES string of the molecule is CC[C@H](C(=O)NC#N)c1ccccc1. The van der Waals surface area contributed by atoms with E-state index in [9.17, 15) is 4.79 Å². The van der Waals surface area contributed by atoms with Gasteiger partial charge in [-0.15, -0.1) is 0 Å². The van der Waals surface area contributed by atoms with Crippen molar-refractivity contribution in [2.24, 2.45) is 0 Å². The zero-order chi connectivity index (χ0) is 10.4. The van der Waals surface area contributed by atoms with Crippen LogP contribution in [0.3, 0.4) is 0 Å². The van der Waals surface area contributed by atoms with Gasteiger partial charge in [0.1, 0.15) is 0 Å². The van der Waals surface area contributed by atoms with Crippen LogP contribution in [0.5, 0.6) is 0 Å². The van der Waals surface area contributed by atoms with Crippen LogP contribution in [-0.2, 0) is 4.79 Å². The molecule has 0 saturated heterocycles. The molecule has 0 radical (unpaired) electrons. The molecule has 0 heterocycles. The Morgan fingerprint density at radius 3 is 2.64 bits per heavy atom.